The number of allylic oxidation sites excluding steroid dienone is 5. The van der Waals surface area contributed by atoms with Crippen LogP contribution in [0.4, 0.5) is 9.59 Å². The zero-order chi connectivity index (χ0) is 92.5. The molecule has 0 radical (unpaired) electrons. The van der Waals surface area contributed by atoms with Crippen LogP contribution >= 0.6 is 24.8 Å². The number of carbonyl (C=O) groups is 11. The number of imidazole rings is 2. The van der Waals surface area contributed by atoms with Gasteiger partial charge in [-0.25, -0.2) is 29.1 Å². The third-order valence-electron chi connectivity index (χ3n) is 21.5. The van der Waals surface area contributed by atoms with E-state index in [2.05, 4.69) is 76.4 Å². The fraction of sp³-hybridized carbons (Fsp3) is 0.581. The van der Waals surface area contributed by atoms with Crippen LogP contribution in [-0.4, -0.2) is 212 Å². The minimum atomic E-state index is -0.963. The van der Waals surface area contributed by atoms with E-state index in [4.69, 9.17) is 38.6 Å². The number of aromatic nitrogens is 4. The lowest BCUT2D eigenvalue weighted by molar-refractivity contribution is -0.158. The molecule has 3 saturated heterocycles. The number of esters is 6. The molecule has 0 unspecified atom stereocenters. The van der Waals surface area contributed by atoms with Gasteiger partial charge in [-0.05, 0) is 81.7 Å². The zero-order valence-corrected chi connectivity index (χ0v) is 78.2. The topological polar surface area (TPSA) is 382 Å². The molecule has 2 aromatic heterocycles. The lowest BCUT2D eigenvalue weighted by atomic mass is 9.77. The Kier molecular flexibility index (Phi) is 46.0. The summed E-state index contributed by atoms with van der Waals surface area (Å²) in [5.41, 5.74) is 5.37. The number of aliphatic hydroxyl groups excluding tert-OH is 2. The predicted molar refractivity (Wildman–Crippen MR) is 480 cm³/mol. The molecule has 3 amide bonds. The summed E-state index contributed by atoms with van der Waals surface area (Å²) in [6.45, 7) is 51.3. The molecule has 32 heteroatoms. The van der Waals surface area contributed by atoms with Crippen LogP contribution in [0.1, 0.15) is 195 Å². The number of amides is 3. The summed E-state index contributed by atoms with van der Waals surface area (Å²) in [6.07, 6.45) is 20.1. The second-order valence-electron chi connectivity index (χ2n) is 37.0. The number of aliphatic hydroxyl groups is 2. The summed E-state index contributed by atoms with van der Waals surface area (Å²) in [5, 5.41) is 34.3. The number of ether oxygens (including phenoxy) is 7. The van der Waals surface area contributed by atoms with E-state index in [1.54, 1.807) is 68.7 Å². The molecule has 9 atom stereocenters. The normalized spacial score (nSPS) is 18.2. The van der Waals surface area contributed by atoms with E-state index < -0.39 is 106 Å². The van der Waals surface area contributed by atoms with E-state index in [1.165, 1.54) is 69.6 Å². The first-order valence-electron chi connectivity index (χ1n) is 41.6. The number of likely N-dealkylation sites (tertiary alicyclic amines) is 2. The third-order valence-corrected chi connectivity index (χ3v) is 21.5. The van der Waals surface area contributed by atoms with Crippen molar-refractivity contribution < 1.29 is 101 Å². The number of carboxylic acids is 1. The molecular weight excluding hydrogens is 1650 g/mol. The van der Waals surface area contributed by atoms with Gasteiger partial charge in [-0.15, -0.1) is 57.7 Å². The monoisotopic (exact) mass is 1790 g/mol. The molecule has 3 fully saturated rings. The Hall–Kier alpha value is -9.85. The highest BCUT2D eigenvalue weighted by Crippen LogP contribution is 2.38. The van der Waals surface area contributed by atoms with Gasteiger partial charge in [0.25, 0.3) is 0 Å². The highest BCUT2D eigenvalue weighted by Gasteiger charge is 2.49. The number of nitrogens with one attached hydrogen (secondary N) is 2. The van der Waals surface area contributed by atoms with Crippen molar-refractivity contribution in [1.29, 1.82) is 0 Å². The second kappa shape index (κ2) is 51.7. The quantitative estimate of drug-likeness (QED) is 0.0191. The van der Waals surface area contributed by atoms with Gasteiger partial charge in [0.2, 0.25) is 11.8 Å². The van der Waals surface area contributed by atoms with Gasteiger partial charge in [0.05, 0.1) is 96.9 Å². The molecule has 9 rings (SSSR count). The molecule has 2 aromatic carbocycles. The van der Waals surface area contributed by atoms with Crippen LogP contribution in [0, 0.1) is 50.2 Å². The van der Waals surface area contributed by atoms with Crippen LogP contribution in [0.2, 0.25) is 0 Å². The van der Waals surface area contributed by atoms with Crippen LogP contribution in [-0.2, 0) is 115 Å². The fourth-order valence-electron chi connectivity index (χ4n) is 14.3. The summed E-state index contributed by atoms with van der Waals surface area (Å²) in [4.78, 5) is 147. The van der Waals surface area contributed by atoms with Crippen molar-refractivity contribution in [3.8, 4) is 0 Å². The van der Waals surface area contributed by atoms with Crippen molar-refractivity contribution in [2.24, 2.45) is 50.2 Å². The Bertz CT molecular complexity index is 4180. The number of β-amino-alcohol motifs (C(OH)–C–C–N with tert-alkyl or cyclic N) is 2. The van der Waals surface area contributed by atoms with Gasteiger partial charge in [0.1, 0.15) is 36.9 Å². The minimum Gasteiger partial charge on any atom is -0.481 e. The fourth-order valence-corrected chi connectivity index (χ4v) is 14.3. The number of hydrogen-bond acceptors (Lipinski definition) is 24. The first kappa shape index (κ1) is 111. The summed E-state index contributed by atoms with van der Waals surface area (Å²) >= 11 is 0. The molecule has 5 N–H and O–H groups in total. The Balaban J connectivity index is 0.000000548. The summed E-state index contributed by atoms with van der Waals surface area (Å²) < 4.78 is 39.0. The van der Waals surface area contributed by atoms with E-state index in [0.29, 0.717) is 45.3 Å². The van der Waals surface area contributed by atoms with Crippen molar-refractivity contribution in [2.75, 3.05) is 60.8 Å². The van der Waals surface area contributed by atoms with Gasteiger partial charge in [-0.3, -0.25) is 47.6 Å². The van der Waals surface area contributed by atoms with Crippen molar-refractivity contribution in [2.45, 2.75) is 237 Å². The second-order valence-corrected chi connectivity index (χ2v) is 37.0. The molecule has 5 aliphatic rings. The molecule has 0 spiro atoms. The lowest BCUT2D eigenvalue weighted by Crippen LogP contribution is -2.47. The van der Waals surface area contributed by atoms with E-state index >= 15 is 0 Å². The van der Waals surface area contributed by atoms with E-state index in [1.807, 2.05) is 113 Å². The number of fused-ring (bicyclic) bond motifs is 2. The molecule has 0 aliphatic carbocycles. The molecule has 125 heavy (non-hydrogen) atoms. The number of nitrogens with zero attached hydrogens (tertiary/aromatic N) is 7. The van der Waals surface area contributed by atoms with Gasteiger partial charge in [0, 0.05) is 99.6 Å². The summed E-state index contributed by atoms with van der Waals surface area (Å²) in [6, 6.07) is 10.3. The zero-order valence-electron chi connectivity index (χ0n) is 76.5. The van der Waals surface area contributed by atoms with Crippen molar-refractivity contribution in [1.82, 2.24) is 44.4 Å². The van der Waals surface area contributed by atoms with E-state index in [-0.39, 0.29) is 136 Å². The van der Waals surface area contributed by atoms with Crippen LogP contribution < -0.4 is 10.6 Å². The molecule has 0 bridgehead atoms. The molecule has 5 aliphatic heterocycles. The Morgan fingerprint density at radius 1 is 0.512 bits per heavy atom. The Labute approximate surface area is 750 Å². The Morgan fingerprint density at radius 3 is 1.31 bits per heavy atom. The van der Waals surface area contributed by atoms with Gasteiger partial charge in [0.15, 0.2) is 0 Å². The third kappa shape index (κ3) is 36.2. The molecule has 4 aromatic rings. The van der Waals surface area contributed by atoms with Gasteiger partial charge >= 0.3 is 53.9 Å². The Morgan fingerprint density at radius 2 is 0.928 bits per heavy atom. The molecule has 7 heterocycles. The maximum Gasteiger partial charge on any atom is 0.410 e. The van der Waals surface area contributed by atoms with Gasteiger partial charge < -0.3 is 68.9 Å². The minimum absolute atomic E-state index is 0. The van der Waals surface area contributed by atoms with Crippen LogP contribution in [0.15, 0.2) is 137 Å². The number of halogens is 2. The van der Waals surface area contributed by atoms with E-state index in [0.717, 1.165) is 42.6 Å². The first-order valence-corrected chi connectivity index (χ1v) is 41.6. The standard InChI is InChI=1S/C33H46N2O7.C21H35NO6.C15H26O4.C11H13N.C7H6N4O.C6H11NO3.2ClH/c1-9-12-22-13-11-14-23-18-34(20-25(22)23)31(39)42-24-16-27(30(38)40-8)35(19-24)29(37)26(32(3,4)5)17-28(36)41-21-33(6,7)15-10-2;1-8-9-21(5,6)13-28-17(24)11-15(20(2,3)4)18(25)22-12-14(23)10-16(22)19(26)27-7;1-7-8-15(5,6)10-19-12(16)9-11(13(17)18)14(2,3)4;1-2-4-9-5-3-6-10-7-12-8-11(9)10;12-7(10-3-1-8-5-10)11-4-2-9-6-11;1-10-6(9)5-2-4(8)3-7-5;;/h9-11,13-14,24,26-27H,1-2,12,15-21H2,3-8H3;8,14-16,23H,1,9-13H2,2-7H3;7,11H,1,8-10H2,2-6H3,(H,17,18);2-3,5-6,12H,1,4,7-8H2;1-6H;4-5,7-8H,2-3H2,1H3;2*1H/t24-,26-,27+;14-,15-,16+;11-;;;4-,5+;;/m111..1../s1. The number of carbonyl (C=O) groups excluding carboxylic acids is 10. The average molecular weight is 1790 g/mol. The van der Waals surface area contributed by atoms with Crippen LogP contribution in [0.25, 0.3) is 0 Å². The highest BCUT2D eigenvalue weighted by atomic mass is 35.5. The van der Waals surface area contributed by atoms with Gasteiger partial charge in [-0.2, -0.15) is 0 Å². The average Bonchev–Trinajstić information content (AvgIpc) is 1.67. The number of hydrogen-bond donors (Lipinski definition) is 5. The van der Waals surface area contributed by atoms with Crippen molar-refractivity contribution in [3.05, 3.63) is 170 Å². The molecular formula is C93H139Cl2N9O21. The highest BCUT2D eigenvalue weighted by molar-refractivity contribution is 5.91. The maximum atomic E-state index is 13.9. The SMILES string of the molecule is C=CCC(C)(C)COC(=O)C[C@H](C(=O)N1C[C@H](O)C[C@H]1C(=O)OC)C(C)(C)C.C=CCC(C)(C)COC(=O)C[C@H](C(=O)O)C(C)(C)C.C=CCc1cccc2c1CN(C(=O)O[C@@H]1C[C@@H](C(=O)OC)N(C(=O)[C@@H](CC(=O)OCC(C)(C)CC=C)C(C)(C)C)C1)C2.C=CCc1cccc2c1CNC2.COC(=O)[C@@H]1C[C@@H](O)CN1.Cl.Cl.O=C(n1ccnc1)n1ccnc1. The van der Waals surface area contributed by atoms with Gasteiger partial charge in [-0.1, -0.05) is 171 Å². The number of benzene rings is 2. The summed E-state index contributed by atoms with van der Waals surface area (Å²) in [7, 11) is 3.85. The van der Waals surface area contributed by atoms with E-state index in [9.17, 15) is 57.8 Å². The number of carboxylic acid groups (broad SMARTS) is 1. The molecule has 696 valence electrons. The van der Waals surface area contributed by atoms with Crippen molar-refractivity contribution >= 4 is 90.5 Å². The molecule has 30 nitrogen and oxygen atoms in total. The van der Waals surface area contributed by atoms with Crippen LogP contribution in [0.3, 0.4) is 0 Å². The lowest BCUT2D eigenvalue weighted by Gasteiger charge is -2.34. The summed E-state index contributed by atoms with van der Waals surface area (Å²) in [5.74, 6) is -6.71. The largest absolute Gasteiger partial charge is 0.481 e. The number of methoxy groups -OCH3 is 3. The van der Waals surface area contributed by atoms with Crippen molar-refractivity contribution in [3.63, 3.8) is 0 Å². The predicted octanol–water partition coefficient (Wildman–Crippen LogP) is 13.1. The smallest absolute Gasteiger partial charge is 0.410 e. The maximum absolute atomic E-state index is 13.9. The number of aliphatic carboxylic acids is 1. The number of rotatable bonds is 29. The van der Waals surface area contributed by atoms with Crippen LogP contribution in [0.5, 0.6) is 0 Å². The first-order chi connectivity index (χ1) is 57.5. The molecule has 0 saturated carbocycles.